The van der Waals surface area contributed by atoms with Crippen LogP contribution in [0.5, 0.6) is 0 Å². The number of aromatic amines is 1. The molecular weight excluding hydrogens is 357 g/mol. The molecule has 1 aromatic heterocycles. The third kappa shape index (κ3) is 4.32. The van der Waals surface area contributed by atoms with Gasteiger partial charge in [-0.3, -0.25) is 9.69 Å². The lowest BCUT2D eigenvalue weighted by Gasteiger charge is -2.31. The summed E-state index contributed by atoms with van der Waals surface area (Å²) in [7, 11) is 3.88. The van der Waals surface area contributed by atoms with Gasteiger partial charge < -0.3 is 9.80 Å². The molecule has 0 aliphatic carbocycles. The van der Waals surface area contributed by atoms with Crippen LogP contribution < -0.4 is 14.8 Å². The molecule has 1 aliphatic rings. The number of hydrogen-bond donors (Lipinski definition) is 0. The largest absolute Gasteiger partial charge is 0.419 e. The maximum absolute atomic E-state index is 12.7. The van der Waals surface area contributed by atoms with Crippen molar-refractivity contribution < 1.29 is 22.9 Å². The standard InChI is InChI=1S/C19H21F3N4O/c1-24(2)16-6-3-14(4-7-16)18(27)26-11-9-25(10-12-26)17-8-5-15(13-23-17)19(20,21)22/h3-8,13H,9-12H2,1-2H3/p+1. The molecular formula is C19H22F3N4O+. The van der Waals surface area contributed by atoms with Crippen molar-refractivity contribution in [3.05, 3.63) is 53.7 Å². The zero-order valence-corrected chi connectivity index (χ0v) is 15.3. The predicted molar refractivity (Wildman–Crippen MR) is 96.9 cm³/mol. The van der Waals surface area contributed by atoms with E-state index < -0.39 is 11.7 Å². The van der Waals surface area contributed by atoms with Gasteiger partial charge in [0, 0.05) is 31.4 Å². The van der Waals surface area contributed by atoms with E-state index in [-0.39, 0.29) is 5.91 Å². The number of aromatic nitrogens is 1. The van der Waals surface area contributed by atoms with Crippen LogP contribution in [0, 0.1) is 0 Å². The van der Waals surface area contributed by atoms with Gasteiger partial charge in [0.15, 0.2) is 0 Å². The number of pyridine rings is 1. The smallest absolute Gasteiger partial charge is 0.378 e. The first-order chi connectivity index (χ1) is 12.8. The molecule has 0 atom stereocenters. The van der Waals surface area contributed by atoms with Crippen LogP contribution in [0.25, 0.3) is 0 Å². The molecule has 1 amide bonds. The van der Waals surface area contributed by atoms with Gasteiger partial charge in [-0.2, -0.15) is 13.2 Å². The zero-order chi connectivity index (χ0) is 19.6. The number of halogens is 3. The first-order valence-corrected chi connectivity index (χ1v) is 8.66. The van der Waals surface area contributed by atoms with Gasteiger partial charge >= 0.3 is 6.18 Å². The molecule has 144 valence electrons. The normalized spacial score (nSPS) is 15.0. The molecule has 5 nitrogen and oxygen atoms in total. The van der Waals surface area contributed by atoms with E-state index in [9.17, 15) is 18.0 Å². The first-order valence-electron chi connectivity index (χ1n) is 8.66. The maximum atomic E-state index is 12.7. The van der Waals surface area contributed by atoms with Crippen LogP contribution in [-0.2, 0) is 6.18 Å². The summed E-state index contributed by atoms with van der Waals surface area (Å²) in [6, 6.07) is 9.93. The summed E-state index contributed by atoms with van der Waals surface area (Å²) in [5.41, 5.74) is 0.950. The minimum Gasteiger partial charge on any atom is -0.378 e. The van der Waals surface area contributed by atoms with Crippen LogP contribution in [0.1, 0.15) is 15.9 Å². The fourth-order valence-corrected chi connectivity index (χ4v) is 3.02. The van der Waals surface area contributed by atoms with Crippen molar-refractivity contribution in [2.24, 2.45) is 0 Å². The number of piperazine rings is 1. The molecule has 27 heavy (non-hydrogen) atoms. The maximum Gasteiger partial charge on any atom is 0.419 e. The lowest BCUT2D eigenvalue weighted by Crippen LogP contribution is -2.50. The Morgan fingerprint density at radius 3 is 2.11 bits per heavy atom. The van der Waals surface area contributed by atoms with Crippen molar-refractivity contribution in [1.29, 1.82) is 0 Å². The third-order valence-corrected chi connectivity index (χ3v) is 4.66. The van der Waals surface area contributed by atoms with Gasteiger partial charge in [0.1, 0.15) is 19.3 Å². The Bertz CT molecular complexity index is 780. The second-order valence-corrected chi connectivity index (χ2v) is 6.68. The highest BCUT2D eigenvalue weighted by atomic mass is 19.4. The third-order valence-electron chi connectivity index (χ3n) is 4.66. The van der Waals surface area contributed by atoms with Gasteiger partial charge in [0.25, 0.3) is 11.7 Å². The molecule has 0 unspecified atom stereocenters. The van der Waals surface area contributed by atoms with Gasteiger partial charge in [-0.15, -0.1) is 0 Å². The van der Waals surface area contributed by atoms with E-state index in [1.54, 1.807) is 4.90 Å². The molecule has 1 N–H and O–H groups in total. The van der Waals surface area contributed by atoms with Crippen LogP contribution in [0.4, 0.5) is 24.7 Å². The van der Waals surface area contributed by atoms with Gasteiger partial charge in [-0.1, -0.05) is 0 Å². The Labute approximate surface area is 156 Å². The molecule has 3 rings (SSSR count). The number of anilines is 2. The van der Waals surface area contributed by atoms with Gasteiger partial charge in [0.2, 0.25) is 0 Å². The summed E-state index contributed by atoms with van der Waals surface area (Å²) in [5, 5.41) is 0. The number of alkyl halides is 3. The molecule has 0 bridgehead atoms. The van der Waals surface area contributed by atoms with E-state index in [1.807, 2.05) is 48.2 Å². The molecule has 0 radical (unpaired) electrons. The average Bonchev–Trinajstić information content (AvgIpc) is 2.67. The minimum atomic E-state index is -4.36. The topological polar surface area (TPSA) is 40.9 Å². The Morgan fingerprint density at radius 2 is 1.63 bits per heavy atom. The zero-order valence-electron chi connectivity index (χ0n) is 15.3. The minimum absolute atomic E-state index is 0.0312. The number of hydrogen-bond acceptors (Lipinski definition) is 3. The Kier molecular flexibility index (Phi) is 5.25. The molecule has 1 fully saturated rings. The van der Waals surface area contributed by atoms with Crippen LogP contribution >= 0.6 is 0 Å². The van der Waals surface area contributed by atoms with Crippen LogP contribution in [-0.4, -0.2) is 51.1 Å². The van der Waals surface area contributed by atoms with Gasteiger partial charge in [-0.05, 0) is 30.3 Å². The highest BCUT2D eigenvalue weighted by Crippen LogP contribution is 2.28. The Morgan fingerprint density at radius 1 is 1.00 bits per heavy atom. The number of H-pyrrole nitrogens is 1. The summed E-state index contributed by atoms with van der Waals surface area (Å²) in [5.74, 6) is 0.585. The molecule has 1 aliphatic heterocycles. The Balaban J connectivity index is 1.60. The monoisotopic (exact) mass is 379 g/mol. The highest BCUT2D eigenvalue weighted by Gasteiger charge is 2.33. The van der Waals surface area contributed by atoms with E-state index in [4.69, 9.17) is 0 Å². The Hall–Kier alpha value is -2.77. The SMILES string of the molecule is CN(C)c1ccc(C(=O)N2CCN(c3ccc(C(F)(F)F)c[nH+]3)CC2)cc1. The molecule has 1 aromatic carbocycles. The fourth-order valence-electron chi connectivity index (χ4n) is 3.02. The van der Waals surface area contributed by atoms with Crippen LogP contribution in [0.3, 0.4) is 0 Å². The van der Waals surface area contributed by atoms with Crippen molar-refractivity contribution in [2.45, 2.75) is 6.18 Å². The molecule has 0 spiro atoms. The second kappa shape index (κ2) is 7.46. The lowest BCUT2D eigenvalue weighted by molar-refractivity contribution is -0.367. The number of carbonyl (C=O) groups excluding carboxylic acids is 1. The molecule has 2 heterocycles. The summed E-state index contributed by atoms with van der Waals surface area (Å²) < 4.78 is 38.0. The van der Waals surface area contributed by atoms with E-state index in [1.165, 1.54) is 6.07 Å². The average molecular weight is 379 g/mol. The summed E-state index contributed by atoms with van der Waals surface area (Å²) >= 11 is 0. The quantitative estimate of drug-likeness (QED) is 0.823. The number of benzene rings is 1. The van der Waals surface area contributed by atoms with Crippen molar-refractivity contribution in [2.75, 3.05) is 50.1 Å². The number of carbonyl (C=O) groups is 1. The van der Waals surface area contributed by atoms with E-state index >= 15 is 0 Å². The second-order valence-electron chi connectivity index (χ2n) is 6.68. The van der Waals surface area contributed by atoms with Crippen molar-refractivity contribution in [3.63, 3.8) is 0 Å². The van der Waals surface area contributed by atoms with E-state index in [0.717, 1.165) is 18.0 Å². The predicted octanol–water partition coefficient (Wildman–Crippen LogP) is 2.55. The van der Waals surface area contributed by atoms with Gasteiger partial charge in [0.05, 0.1) is 18.7 Å². The van der Waals surface area contributed by atoms with E-state index in [0.29, 0.717) is 37.6 Å². The molecule has 8 heteroatoms. The van der Waals surface area contributed by atoms with E-state index in [2.05, 4.69) is 4.98 Å². The number of nitrogens with one attached hydrogen (secondary N) is 1. The number of amides is 1. The molecule has 1 saturated heterocycles. The first kappa shape index (κ1) is 19.0. The van der Waals surface area contributed by atoms with Gasteiger partial charge in [-0.25, -0.2) is 4.98 Å². The van der Waals surface area contributed by atoms with Crippen molar-refractivity contribution >= 4 is 17.4 Å². The highest BCUT2D eigenvalue weighted by molar-refractivity contribution is 5.94. The summed E-state index contributed by atoms with van der Waals surface area (Å²) in [4.78, 5) is 21.0. The summed E-state index contributed by atoms with van der Waals surface area (Å²) in [6.07, 6.45) is -3.39. The molecule has 0 saturated carbocycles. The lowest BCUT2D eigenvalue weighted by atomic mass is 10.1. The van der Waals surface area contributed by atoms with Crippen molar-refractivity contribution in [3.8, 4) is 0 Å². The molecule has 2 aromatic rings. The fraction of sp³-hybridized carbons (Fsp3) is 0.368. The number of rotatable bonds is 3. The summed E-state index contributed by atoms with van der Waals surface area (Å²) in [6.45, 7) is 2.15. The van der Waals surface area contributed by atoms with Crippen LogP contribution in [0.15, 0.2) is 42.6 Å². The van der Waals surface area contributed by atoms with Crippen LogP contribution in [0.2, 0.25) is 0 Å². The number of nitrogens with zero attached hydrogens (tertiary/aromatic N) is 3. The van der Waals surface area contributed by atoms with Crippen molar-refractivity contribution in [1.82, 2.24) is 4.90 Å².